The summed E-state index contributed by atoms with van der Waals surface area (Å²) in [5, 5.41) is 0. The Morgan fingerprint density at radius 2 is 1.17 bits per heavy atom. The molecule has 0 saturated heterocycles. The number of carbonyl (C=O) groups is 2. The average molecular weight is 493 g/mol. The zero-order valence-corrected chi connectivity index (χ0v) is 20.4. The van der Waals surface area contributed by atoms with Crippen molar-refractivity contribution in [3.05, 3.63) is 70.8 Å². The van der Waals surface area contributed by atoms with Gasteiger partial charge in [-0.15, -0.1) is 0 Å². The van der Waals surface area contributed by atoms with Gasteiger partial charge in [0.2, 0.25) is 0 Å². The fourth-order valence-electron chi connectivity index (χ4n) is 3.69. The predicted octanol–water partition coefficient (Wildman–Crippen LogP) is 8.14. The van der Waals surface area contributed by atoms with Crippen molar-refractivity contribution < 1.29 is 32.2 Å². The summed E-state index contributed by atoms with van der Waals surface area (Å²) in [6.45, 7) is 2.28. The third kappa shape index (κ3) is 10.5. The maximum atomic E-state index is 12.7. The van der Waals surface area contributed by atoms with Gasteiger partial charge >= 0.3 is 18.1 Å². The van der Waals surface area contributed by atoms with Crippen LogP contribution in [0.25, 0.3) is 0 Å². The molecule has 0 heterocycles. The van der Waals surface area contributed by atoms with E-state index in [1.165, 1.54) is 69.2 Å². The van der Waals surface area contributed by atoms with Gasteiger partial charge in [0.1, 0.15) is 6.61 Å². The third-order valence-electron chi connectivity index (χ3n) is 5.75. The van der Waals surface area contributed by atoms with E-state index in [2.05, 4.69) is 6.92 Å². The SMILES string of the molecule is CCCCCCCCCCCCOC(=O)c1ccccc1C(=O)OCc1ccc(C(F)(F)F)cc1. The lowest BCUT2D eigenvalue weighted by atomic mass is 10.1. The first-order valence-electron chi connectivity index (χ1n) is 12.4. The van der Waals surface area contributed by atoms with Gasteiger partial charge in [-0.1, -0.05) is 89.0 Å². The Kier molecular flexibility index (Phi) is 12.4. The number of hydrogen-bond acceptors (Lipinski definition) is 4. The van der Waals surface area contributed by atoms with E-state index in [1.54, 1.807) is 12.1 Å². The van der Waals surface area contributed by atoms with Gasteiger partial charge < -0.3 is 9.47 Å². The smallest absolute Gasteiger partial charge is 0.416 e. The van der Waals surface area contributed by atoms with Crippen LogP contribution in [0.1, 0.15) is 103 Å². The quantitative estimate of drug-likeness (QED) is 0.186. The summed E-state index contributed by atoms with van der Waals surface area (Å²) in [5.41, 5.74) is -0.195. The van der Waals surface area contributed by atoms with E-state index in [0.29, 0.717) is 5.56 Å². The monoisotopic (exact) mass is 492 g/mol. The van der Waals surface area contributed by atoms with E-state index < -0.39 is 23.7 Å². The van der Waals surface area contributed by atoms with Crippen LogP contribution in [0.4, 0.5) is 13.2 Å². The highest BCUT2D eigenvalue weighted by atomic mass is 19.4. The Hall–Kier alpha value is -2.83. The summed E-state index contributed by atoms with van der Waals surface area (Å²) in [4.78, 5) is 25.0. The molecule has 0 fully saturated rings. The van der Waals surface area contributed by atoms with E-state index >= 15 is 0 Å². The molecule has 0 aromatic heterocycles. The molecule has 2 aromatic carbocycles. The maximum Gasteiger partial charge on any atom is 0.416 e. The molecule has 2 aromatic rings. The van der Waals surface area contributed by atoms with Crippen molar-refractivity contribution in [2.45, 2.75) is 83.9 Å². The highest BCUT2D eigenvalue weighted by Gasteiger charge is 2.30. The van der Waals surface area contributed by atoms with Crippen LogP contribution in [0, 0.1) is 0 Å². The number of unbranched alkanes of at least 4 members (excludes halogenated alkanes) is 9. The number of alkyl halides is 3. The van der Waals surface area contributed by atoms with Crippen molar-refractivity contribution in [1.29, 1.82) is 0 Å². The molecular formula is C28H35F3O4. The molecule has 0 N–H and O–H groups in total. The third-order valence-corrected chi connectivity index (χ3v) is 5.75. The molecule has 35 heavy (non-hydrogen) atoms. The van der Waals surface area contributed by atoms with Crippen molar-refractivity contribution >= 4 is 11.9 Å². The van der Waals surface area contributed by atoms with Crippen molar-refractivity contribution in [1.82, 2.24) is 0 Å². The minimum absolute atomic E-state index is 0.0625. The predicted molar refractivity (Wildman–Crippen MR) is 129 cm³/mol. The first-order valence-corrected chi connectivity index (χ1v) is 12.4. The summed E-state index contributed by atoms with van der Waals surface area (Å²) in [7, 11) is 0. The van der Waals surface area contributed by atoms with Crippen LogP contribution in [0.15, 0.2) is 48.5 Å². The molecule has 2 rings (SSSR count). The molecule has 7 heteroatoms. The van der Waals surface area contributed by atoms with Gasteiger partial charge in [0.15, 0.2) is 0 Å². The molecule has 0 radical (unpaired) electrons. The van der Waals surface area contributed by atoms with Crippen LogP contribution in [-0.2, 0) is 22.3 Å². The van der Waals surface area contributed by atoms with Gasteiger partial charge in [-0.3, -0.25) is 0 Å². The number of halogens is 3. The Morgan fingerprint density at radius 1 is 0.686 bits per heavy atom. The molecule has 0 aliphatic carbocycles. The molecule has 0 unspecified atom stereocenters. The zero-order chi connectivity index (χ0) is 25.5. The molecule has 4 nitrogen and oxygen atoms in total. The summed E-state index contributed by atoms with van der Waals surface area (Å²) >= 11 is 0. The minimum atomic E-state index is -4.43. The second kappa shape index (κ2) is 15.2. The van der Waals surface area contributed by atoms with Crippen LogP contribution in [0.2, 0.25) is 0 Å². The minimum Gasteiger partial charge on any atom is -0.462 e. The van der Waals surface area contributed by atoms with Gasteiger partial charge in [-0.25, -0.2) is 9.59 Å². The molecule has 0 amide bonds. The summed E-state index contributed by atoms with van der Waals surface area (Å²) in [6.07, 6.45) is 7.33. The molecule has 0 aliphatic heterocycles. The molecule has 0 saturated carbocycles. The first-order chi connectivity index (χ1) is 16.8. The van der Waals surface area contributed by atoms with Crippen LogP contribution < -0.4 is 0 Å². The second-order valence-corrected chi connectivity index (χ2v) is 8.63. The Bertz CT molecular complexity index is 907. The topological polar surface area (TPSA) is 52.6 Å². The fourth-order valence-corrected chi connectivity index (χ4v) is 3.69. The molecule has 0 bridgehead atoms. The number of benzene rings is 2. The van der Waals surface area contributed by atoms with Crippen LogP contribution in [-0.4, -0.2) is 18.5 Å². The van der Waals surface area contributed by atoms with Crippen LogP contribution in [0.5, 0.6) is 0 Å². The van der Waals surface area contributed by atoms with Crippen molar-refractivity contribution in [2.75, 3.05) is 6.61 Å². The molecule has 0 atom stereocenters. The zero-order valence-electron chi connectivity index (χ0n) is 20.4. The standard InChI is InChI=1S/C28H35F3O4/c1-2-3-4-5-6-7-8-9-10-13-20-34-26(32)24-14-11-12-15-25(24)27(33)35-21-22-16-18-23(19-17-22)28(29,30)31/h11-12,14-19H,2-10,13,20-21H2,1H3. The fraction of sp³-hybridized carbons (Fsp3) is 0.500. The lowest BCUT2D eigenvalue weighted by Crippen LogP contribution is -2.14. The molecule has 192 valence electrons. The average Bonchev–Trinajstić information content (AvgIpc) is 2.85. The summed E-state index contributed by atoms with van der Waals surface area (Å²) < 4.78 is 48.6. The molecule has 0 aliphatic rings. The van der Waals surface area contributed by atoms with E-state index in [1.807, 2.05) is 0 Å². The van der Waals surface area contributed by atoms with Gasteiger partial charge in [0.05, 0.1) is 23.3 Å². The van der Waals surface area contributed by atoms with E-state index in [4.69, 9.17) is 9.47 Å². The Morgan fingerprint density at radius 3 is 1.69 bits per heavy atom. The van der Waals surface area contributed by atoms with Gasteiger partial charge in [0, 0.05) is 0 Å². The number of hydrogen-bond donors (Lipinski definition) is 0. The highest BCUT2D eigenvalue weighted by molar-refractivity contribution is 6.03. The van der Waals surface area contributed by atoms with Gasteiger partial charge in [0.25, 0.3) is 0 Å². The summed E-state index contributed by atoms with van der Waals surface area (Å²) in [6, 6.07) is 10.6. The van der Waals surface area contributed by atoms with E-state index in [0.717, 1.165) is 31.4 Å². The van der Waals surface area contributed by atoms with Crippen molar-refractivity contribution in [3.8, 4) is 0 Å². The normalized spacial score (nSPS) is 11.3. The van der Waals surface area contributed by atoms with Crippen molar-refractivity contribution in [2.24, 2.45) is 0 Å². The number of ether oxygens (including phenoxy) is 2. The number of rotatable bonds is 15. The molecule has 0 spiro atoms. The largest absolute Gasteiger partial charge is 0.462 e. The maximum absolute atomic E-state index is 12.7. The van der Waals surface area contributed by atoms with Crippen molar-refractivity contribution in [3.63, 3.8) is 0 Å². The first kappa shape index (κ1) is 28.4. The highest BCUT2D eigenvalue weighted by Crippen LogP contribution is 2.29. The van der Waals surface area contributed by atoms with Crippen LogP contribution in [0.3, 0.4) is 0 Å². The van der Waals surface area contributed by atoms with E-state index in [9.17, 15) is 22.8 Å². The van der Waals surface area contributed by atoms with Gasteiger partial charge in [-0.05, 0) is 36.2 Å². The number of carbonyl (C=O) groups excluding carboxylic acids is 2. The van der Waals surface area contributed by atoms with Gasteiger partial charge in [-0.2, -0.15) is 13.2 Å². The lowest BCUT2D eigenvalue weighted by molar-refractivity contribution is -0.137. The molecular weight excluding hydrogens is 457 g/mol. The summed E-state index contributed by atoms with van der Waals surface area (Å²) in [5.74, 6) is -1.33. The Balaban J connectivity index is 1.73. The van der Waals surface area contributed by atoms with Crippen LogP contribution >= 0.6 is 0 Å². The number of esters is 2. The lowest BCUT2D eigenvalue weighted by Gasteiger charge is -2.11. The Labute approximate surface area is 205 Å². The van der Waals surface area contributed by atoms with E-state index in [-0.39, 0.29) is 24.3 Å². The second-order valence-electron chi connectivity index (χ2n) is 8.63.